The van der Waals surface area contributed by atoms with Crippen LogP contribution in [0.5, 0.6) is 0 Å². The van der Waals surface area contributed by atoms with Crippen molar-refractivity contribution in [2.75, 3.05) is 5.32 Å². The van der Waals surface area contributed by atoms with Crippen LogP contribution in [0.4, 0.5) is 5.69 Å². The van der Waals surface area contributed by atoms with E-state index in [0.717, 1.165) is 0 Å². The minimum Gasteiger partial charge on any atom is -0.359 e. The zero-order chi connectivity index (χ0) is 16.8. The van der Waals surface area contributed by atoms with Crippen LogP contribution in [0.1, 0.15) is 11.1 Å². The Balaban J connectivity index is 3.37. The molecule has 0 unspecified atom stereocenters. The molecule has 0 saturated carbocycles. The lowest BCUT2D eigenvalue weighted by molar-refractivity contribution is 1.43. The van der Waals surface area contributed by atoms with Crippen molar-refractivity contribution in [2.24, 2.45) is 0 Å². The first kappa shape index (κ1) is 17.3. The van der Waals surface area contributed by atoms with Crippen LogP contribution in [-0.4, -0.2) is 8.07 Å². The molecule has 1 aromatic carbocycles. The maximum atomic E-state index is 9.06. The molecule has 0 aliphatic heterocycles. The van der Waals surface area contributed by atoms with Crippen LogP contribution in [0.3, 0.4) is 0 Å². The number of halogens is 1. The lowest BCUT2D eigenvalue weighted by atomic mass is 10.1. The third kappa shape index (κ3) is 5.00. The molecule has 0 fully saturated rings. The van der Waals surface area contributed by atoms with Crippen molar-refractivity contribution in [1.29, 1.82) is 15.8 Å². The fourth-order valence-electron chi connectivity index (χ4n) is 1.38. The summed E-state index contributed by atoms with van der Waals surface area (Å²) >= 11 is 6.02. The smallest absolute Gasteiger partial charge is 0.145 e. The van der Waals surface area contributed by atoms with Crippen LogP contribution in [0.2, 0.25) is 24.7 Å². The van der Waals surface area contributed by atoms with Crippen LogP contribution in [0.15, 0.2) is 23.9 Å². The lowest BCUT2D eigenvalue weighted by Gasteiger charge is -2.08. The first-order valence-corrected chi connectivity index (χ1v) is 10.2. The Morgan fingerprint density at radius 1 is 1.14 bits per heavy atom. The highest BCUT2D eigenvalue weighted by atomic mass is 35.5. The number of nitrogens with one attached hydrogen (secondary N) is 1. The molecular formula is C16H13ClN4Si. The van der Waals surface area contributed by atoms with Crippen LogP contribution in [0, 0.1) is 45.5 Å². The van der Waals surface area contributed by atoms with Gasteiger partial charge in [0.2, 0.25) is 0 Å². The lowest BCUT2D eigenvalue weighted by Crippen LogP contribution is -2.16. The SMILES string of the molecule is C[Si](C)(C)C#Cc1cc(C#N)c(Cl)cc1NC=C(C#N)C#N. The molecule has 1 N–H and O–H groups in total. The Labute approximate surface area is 136 Å². The Morgan fingerprint density at radius 3 is 2.27 bits per heavy atom. The van der Waals surface area contributed by atoms with E-state index in [1.54, 1.807) is 24.3 Å². The molecule has 0 saturated heterocycles. The number of nitrogens with zero attached hydrogens (tertiary/aromatic N) is 3. The van der Waals surface area contributed by atoms with Gasteiger partial charge in [0, 0.05) is 11.8 Å². The zero-order valence-corrected chi connectivity index (χ0v) is 14.2. The third-order valence-electron chi connectivity index (χ3n) is 2.41. The minimum absolute atomic E-state index is 0.0652. The maximum Gasteiger partial charge on any atom is 0.145 e. The molecule has 22 heavy (non-hydrogen) atoms. The standard InChI is InChI=1S/C16H13ClN4Si/c1-22(2,3)5-4-13-6-14(10-20)15(17)7-16(13)21-11-12(8-18)9-19/h6-7,11,21H,1-3H3. The van der Waals surface area contributed by atoms with Crippen LogP contribution in [-0.2, 0) is 0 Å². The van der Waals surface area contributed by atoms with Gasteiger partial charge in [0.25, 0.3) is 0 Å². The summed E-state index contributed by atoms with van der Waals surface area (Å²) in [7, 11) is -1.59. The van der Waals surface area contributed by atoms with Gasteiger partial charge in [-0.1, -0.05) is 37.2 Å². The number of benzene rings is 1. The first-order chi connectivity index (χ1) is 10.3. The van der Waals surface area contributed by atoms with Gasteiger partial charge in [0.15, 0.2) is 0 Å². The van der Waals surface area contributed by atoms with Gasteiger partial charge in [-0.05, 0) is 12.1 Å². The van der Waals surface area contributed by atoms with Crippen molar-refractivity contribution in [1.82, 2.24) is 0 Å². The van der Waals surface area contributed by atoms with E-state index < -0.39 is 8.07 Å². The Kier molecular flexibility index (Phi) is 5.79. The van der Waals surface area contributed by atoms with E-state index in [0.29, 0.717) is 16.8 Å². The van der Waals surface area contributed by atoms with Gasteiger partial charge in [-0.3, -0.25) is 0 Å². The Morgan fingerprint density at radius 2 is 1.77 bits per heavy atom. The summed E-state index contributed by atoms with van der Waals surface area (Å²) in [5.41, 5.74) is 4.64. The molecule has 0 spiro atoms. The van der Waals surface area contributed by atoms with Gasteiger partial charge in [0.05, 0.1) is 16.3 Å². The normalized spacial score (nSPS) is 9.32. The van der Waals surface area contributed by atoms with E-state index in [2.05, 4.69) is 36.4 Å². The van der Waals surface area contributed by atoms with E-state index in [-0.39, 0.29) is 10.6 Å². The average molecular weight is 325 g/mol. The summed E-state index contributed by atoms with van der Waals surface area (Å²) in [6.45, 7) is 6.33. The second-order valence-electron chi connectivity index (χ2n) is 5.42. The number of nitriles is 3. The van der Waals surface area contributed by atoms with Crippen molar-refractivity contribution in [3.63, 3.8) is 0 Å². The maximum absolute atomic E-state index is 9.06. The monoisotopic (exact) mass is 324 g/mol. The topological polar surface area (TPSA) is 83.4 Å². The first-order valence-electron chi connectivity index (χ1n) is 6.34. The van der Waals surface area contributed by atoms with Crippen molar-refractivity contribution in [2.45, 2.75) is 19.6 Å². The third-order valence-corrected chi connectivity index (χ3v) is 3.60. The molecular weight excluding hydrogens is 312 g/mol. The number of rotatable bonds is 2. The Hall–Kier alpha value is -2.70. The molecule has 0 heterocycles. The molecule has 108 valence electrons. The van der Waals surface area contributed by atoms with E-state index in [4.69, 9.17) is 27.4 Å². The van der Waals surface area contributed by atoms with Gasteiger partial charge in [-0.2, -0.15) is 15.8 Å². The molecule has 0 atom stereocenters. The number of hydrogen-bond donors (Lipinski definition) is 1. The fraction of sp³-hybridized carbons (Fsp3) is 0.188. The van der Waals surface area contributed by atoms with Crippen molar-refractivity contribution >= 4 is 25.4 Å². The summed E-state index contributed by atoms with van der Waals surface area (Å²) in [6.07, 6.45) is 1.29. The van der Waals surface area contributed by atoms with E-state index in [9.17, 15) is 0 Å². The highest BCUT2D eigenvalue weighted by Gasteiger charge is 2.10. The summed E-state index contributed by atoms with van der Waals surface area (Å²) in [4.78, 5) is 0. The number of hydrogen-bond acceptors (Lipinski definition) is 4. The van der Waals surface area contributed by atoms with Gasteiger partial charge >= 0.3 is 0 Å². The second kappa shape index (κ2) is 7.35. The minimum atomic E-state index is -1.59. The second-order valence-corrected chi connectivity index (χ2v) is 10.6. The predicted octanol–water partition coefficient (Wildman–Crippen LogP) is 3.78. The number of allylic oxidation sites excluding steroid dienone is 1. The van der Waals surface area contributed by atoms with Crippen molar-refractivity contribution in [3.8, 4) is 29.7 Å². The highest BCUT2D eigenvalue weighted by molar-refractivity contribution is 6.83. The molecule has 0 aliphatic carbocycles. The molecule has 6 heteroatoms. The molecule has 1 rings (SSSR count). The van der Waals surface area contributed by atoms with E-state index in [1.807, 2.05) is 6.07 Å². The molecule has 0 bridgehead atoms. The number of anilines is 1. The fourth-order valence-corrected chi connectivity index (χ4v) is 2.09. The quantitative estimate of drug-likeness (QED) is 0.509. The molecule has 0 radical (unpaired) electrons. The van der Waals surface area contributed by atoms with E-state index in [1.165, 1.54) is 6.20 Å². The molecule has 1 aromatic rings. The predicted molar refractivity (Wildman–Crippen MR) is 89.3 cm³/mol. The zero-order valence-electron chi connectivity index (χ0n) is 12.5. The summed E-state index contributed by atoms with van der Waals surface area (Å²) in [5, 5.41) is 29.7. The average Bonchev–Trinajstić information content (AvgIpc) is 2.46. The van der Waals surface area contributed by atoms with E-state index >= 15 is 0 Å². The summed E-state index contributed by atoms with van der Waals surface area (Å²) < 4.78 is 0. The van der Waals surface area contributed by atoms with Crippen molar-refractivity contribution in [3.05, 3.63) is 40.1 Å². The van der Waals surface area contributed by atoms with Crippen LogP contribution >= 0.6 is 11.6 Å². The molecule has 0 aliphatic rings. The molecule has 0 aromatic heterocycles. The highest BCUT2D eigenvalue weighted by Crippen LogP contribution is 2.25. The van der Waals surface area contributed by atoms with Crippen LogP contribution < -0.4 is 5.32 Å². The van der Waals surface area contributed by atoms with Gasteiger partial charge in [0.1, 0.15) is 31.9 Å². The van der Waals surface area contributed by atoms with Gasteiger partial charge in [-0.25, -0.2) is 0 Å². The Bertz CT molecular complexity index is 786. The molecule has 4 nitrogen and oxygen atoms in total. The van der Waals surface area contributed by atoms with Crippen LogP contribution in [0.25, 0.3) is 0 Å². The summed E-state index contributed by atoms with van der Waals surface area (Å²) in [6, 6.07) is 8.69. The van der Waals surface area contributed by atoms with Crippen molar-refractivity contribution < 1.29 is 0 Å². The summed E-state index contributed by atoms with van der Waals surface area (Å²) in [5.74, 6) is 3.06. The largest absolute Gasteiger partial charge is 0.359 e. The molecule has 0 amide bonds. The van der Waals surface area contributed by atoms with Gasteiger partial charge in [-0.15, -0.1) is 5.54 Å². The van der Waals surface area contributed by atoms with Gasteiger partial charge < -0.3 is 5.32 Å².